The molecule has 7 heteroatoms. The second-order valence-corrected chi connectivity index (χ2v) is 3.44. The first-order valence-electron chi connectivity index (χ1n) is 4.44. The van der Waals surface area contributed by atoms with Gasteiger partial charge in [-0.1, -0.05) is 11.6 Å². The maximum Gasteiger partial charge on any atom is 0.310 e. The molecule has 90 valence electrons. The highest BCUT2D eigenvalue weighted by Crippen LogP contribution is 2.26. The van der Waals surface area contributed by atoms with Gasteiger partial charge in [0.1, 0.15) is 11.8 Å². The molecule has 4 nitrogen and oxygen atoms in total. The van der Waals surface area contributed by atoms with E-state index in [2.05, 4.69) is 9.72 Å². The standard InChI is InChI=1S/C10H7ClF2N2O2/c1-17-8(16)3-5-2-6(11)7(4-14)15-9(5)10(12)13/h2,10H,3H2,1H3. The summed E-state index contributed by atoms with van der Waals surface area (Å²) in [7, 11) is 1.14. The molecule has 1 rings (SSSR count). The molecule has 0 saturated heterocycles. The maximum atomic E-state index is 12.7. The Morgan fingerprint density at radius 1 is 1.71 bits per heavy atom. The van der Waals surface area contributed by atoms with Gasteiger partial charge in [-0.15, -0.1) is 0 Å². The van der Waals surface area contributed by atoms with Crippen molar-refractivity contribution in [2.75, 3.05) is 7.11 Å². The van der Waals surface area contributed by atoms with Crippen molar-refractivity contribution in [3.63, 3.8) is 0 Å². The monoisotopic (exact) mass is 260 g/mol. The number of hydrogen-bond donors (Lipinski definition) is 0. The Kier molecular flexibility index (Phi) is 4.35. The Morgan fingerprint density at radius 3 is 2.82 bits per heavy atom. The van der Waals surface area contributed by atoms with Crippen molar-refractivity contribution in [2.24, 2.45) is 0 Å². The Hall–Kier alpha value is -1.74. The molecular formula is C10H7ClF2N2O2. The van der Waals surface area contributed by atoms with Crippen LogP contribution in [0.1, 0.15) is 23.4 Å². The predicted molar refractivity (Wildman–Crippen MR) is 54.6 cm³/mol. The lowest BCUT2D eigenvalue weighted by molar-refractivity contribution is -0.139. The molecule has 1 aromatic heterocycles. The van der Waals surface area contributed by atoms with Gasteiger partial charge in [0.2, 0.25) is 0 Å². The minimum absolute atomic E-state index is 0.0455. The van der Waals surface area contributed by atoms with E-state index in [-0.39, 0.29) is 22.7 Å². The lowest BCUT2D eigenvalue weighted by Gasteiger charge is -2.08. The van der Waals surface area contributed by atoms with E-state index in [4.69, 9.17) is 16.9 Å². The van der Waals surface area contributed by atoms with Crippen LogP contribution in [0.3, 0.4) is 0 Å². The largest absolute Gasteiger partial charge is 0.469 e. The highest BCUT2D eigenvalue weighted by Gasteiger charge is 2.20. The van der Waals surface area contributed by atoms with Crippen LogP contribution in [-0.2, 0) is 16.0 Å². The number of nitriles is 1. The van der Waals surface area contributed by atoms with E-state index in [0.717, 1.165) is 13.2 Å². The molecule has 0 amide bonds. The molecular weight excluding hydrogens is 254 g/mol. The number of methoxy groups -OCH3 is 1. The Labute approximate surface area is 101 Å². The number of ether oxygens (including phenoxy) is 1. The van der Waals surface area contributed by atoms with E-state index < -0.39 is 18.1 Å². The van der Waals surface area contributed by atoms with E-state index in [1.165, 1.54) is 0 Å². The maximum absolute atomic E-state index is 12.7. The van der Waals surface area contributed by atoms with Gasteiger partial charge in [0, 0.05) is 0 Å². The van der Waals surface area contributed by atoms with Crippen LogP contribution in [0.25, 0.3) is 0 Å². The first kappa shape index (κ1) is 13.3. The van der Waals surface area contributed by atoms with Crippen LogP contribution < -0.4 is 0 Å². The zero-order valence-corrected chi connectivity index (χ0v) is 9.46. The van der Waals surface area contributed by atoms with Crippen molar-refractivity contribution in [3.8, 4) is 6.07 Å². The topological polar surface area (TPSA) is 63.0 Å². The zero-order chi connectivity index (χ0) is 13.0. The molecule has 0 atom stereocenters. The SMILES string of the molecule is COC(=O)Cc1cc(Cl)c(C#N)nc1C(F)F. The molecule has 0 aliphatic rings. The normalized spacial score (nSPS) is 10.1. The molecule has 0 spiro atoms. The Bertz CT molecular complexity index is 486. The molecule has 0 aliphatic carbocycles. The third-order valence-corrected chi connectivity index (χ3v) is 2.25. The third kappa shape index (κ3) is 3.11. The summed E-state index contributed by atoms with van der Waals surface area (Å²) in [6.07, 6.45) is -3.26. The van der Waals surface area contributed by atoms with Crippen molar-refractivity contribution < 1.29 is 18.3 Å². The predicted octanol–water partition coefficient (Wildman–Crippen LogP) is 2.26. The first-order chi connectivity index (χ1) is 7.99. The van der Waals surface area contributed by atoms with Gasteiger partial charge in [-0.2, -0.15) is 5.26 Å². The number of halogens is 3. The fourth-order valence-electron chi connectivity index (χ4n) is 1.18. The van der Waals surface area contributed by atoms with Gasteiger partial charge in [-0.3, -0.25) is 4.79 Å². The van der Waals surface area contributed by atoms with Gasteiger partial charge < -0.3 is 4.74 Å². The Morgan fingerprint density at radius 2 is 2.35 bits per heavy atom. The van der Waals surface area contributed by atoms with Crippen LogP contribution in [0.4, 0.5) is 8.78 Å². The molecule has 0 N–H and O–H groups in total. The molecule has 0 unspecified atom stereocenters. The fourth-order valence-corrected chi connectivity index (χ4v) is 1.39. The van der Waals surface area contributed by atoms with Crippen molar-refractivity contribution >= 4 is 17.6 Å². The molecule has 0 aliphatic heterocycles. The average molecular weight is 261 g/mol. The summed E-state index contributed by atoms with van der Waals surface area (Å²) in [4.78, 5) is 14.4. The van der Waals surface area contributed by atoms with E-state index in [1.54, 1.807) is 6.07 Å². The van der Waals surface area contributed by atoms with Gasteiger partial charge >= 0.3 is 5.97 Å². The third-order valence-electron chi connectivity index (χ3n) is 1.96. The number of alkyl halides is 2. The number of carbonyl (C=O) groups is 1. The summed E-state index contributed by atoms with van der Waals surface area (Å²) in [6.45, 7) is 0. The Balaban J connectivity index is 3.24. The fraction of sp³-hybridized carbons (Fsp3) is 0.300. The quantitative estimate of drug-likeness (QED) is 0.782. The van der Waals surface area contributed by atoms with Crippen LogP contribution in [0.15, 0.2) is 6.07 Å². The number of pyridine rings is 1. The smallest absolute Gasteiger partial charge is 0.310 e. The summed E-state index contributed by atoms with van der Waals surface area (Å²) >= 11 is 5.65. The highest BCUT2D eigenvalue weighted by atomic mass is 35.5. The summed E-state index contributed by atoms with van der Waals surface area (Å²) in [5.41, 5.74) is -0.970. The van der Waals surface area contributed by atoms with E-state index in [1.807, 2.05) is 0 Å². The second-order valence-electron chi connectivity index (χ2n) is 3.03. The summed E-state index contributed by atoms with van der Waals surface area (Å²) in [5.74, 6) is -0.686. The van der Waals surface area contributed by atoms with Crippen LogP contribution in [0.5, 0.6) is 0 Å². The molecule has 0 radical (unpaired) electrons. The van der Waals surface area contributed by atoms with Crippen molar-refractivity contribution in [2.45, 2.75) is 12.8 Å². The highest BCUT2D eigenvalue weighted by molar-refractivity contribution is 6.31. The molecule has 17 heavy (non-hydrogen) atoms. The van der Waals surface area contributed by atoms with Crippen molar-refractivity contribution in [3.05, 3.63) is 28.0 Å². The number of nitrogens with zero attached hydrogens (tertiary/aromatic N) is 2. The lowest BCUT2D eigenvalue weighted by atomic mass is 10.1. The van der Waals surface area contributed by atoms with Gasteiger partial charge in [-0.25, -0.2) is 13.8 Å². The second kappa shape index (κ2) is 5.55. The lowest BCUT2D eigenvalue weighted by Crippen LogP contribution is -2.09. The van der Waals surface area contributed by atoms with Crippen LogP contribution in [0.2, 0.25) is 5.02 Å². The van der Waals surface area contributed by atoms with Gasteiger partial charge in [-0.05, 0) is 11.6 Å². The molecule has 0 fully saturated rings. The van der Waals surface area contributed by atoms with Crippen LogP contribution >= 0.6 is 11.6 Å². The average Bonchev–Trinajstić information content (AvgIpc) is 2.28. The van der Waals surface area contributed by atoms with E-state index >= 15 is 0 Å². The summed E-state index contributed by atoms with van der Waals surface area (Å²) < 4.78 is 29.7. The molecule has 0 aromatic carbocycles. The summed E-state index contributed by atoms with van der Waals surface area (Å²) in [5, 5.41) is 8.54. The van der Waals surface area contributed by atoms with Crippen LogP contribution in [0, 0.1) is 11.3 Å². The zero-order valence-electron chi connectivity index (χ0n) is 8.71. The summed E-state index contributed by atoms with van der Waals surface area (Å²) in [6, 6.07) is 2.72. The molecule has 0 saturated carbocycles. The van der Waals surface area contributed by atoms with Gasteiger partial charge in [0.25, 0.3) is 6.43 Å². The number of aromatic nitrogens is 1. The van der Waals surface area contributed by atoms with Gasteiger partial charge in [0.05, 0.1) is 18.6 Å². The number of esters is 1. The molecule has 1 heterocycles. The van der Waals surface area contributed by atoms with E-state index in [9.17, 15) is 13.6 Å². The van der Waals surface area contributed by atoms with Gasteiger partial charge in [0.15, 0.2) is 5.69 Å². The first-order valence-corrected chi connectivity index (χ1v) is 4.81. The van der Waals surface area contributed by atoms with Crippen molar-refractivity contribution in [1.82, 2.24) is 4.98 Å². The molecule has 1 aromatic rings. The number of rotatable bonds is 3. The molecule has 0 bridgehead atoms. The number of carbonyl (C=O) groups excluding carboxylic acids is 1. The minimum atomic E-state index is -2.89. The van der Waals surface area contributed by atoms with Crippen LogP contribution in [-0.4, -0.2) is 18.1 Å². The minimum Gasteiger partial charge on any atom is -0.469 e. The van der Waals surface area contributed by atoms with Crippen molar-refractivity contribution in [1.29, 1.82) is 5.26 Å². The number of hydrogen-bond acceptors (Lipinski definition) is 4. The van der Waals surface area contributed by atoms with E-state index in [0.29, 0.717) is 0 Å².